The zero-order chi connectivity index (χ0) is 17.9. The predicted molar refractivity (Wildman–Crippen MR) is 95.4 cm³/mol. The summed E-state index contributed by atoms with van der Waals surface area (Å²) in [6, 6.07) is 6.14. The summed E-state index contributed by atoms with van der Waals surface area (Å²) in [4.78, 5) is 14.9. The standard InChI is InChI=1S/C17H27N3O3S/c1-13-7-6-10-20(12-13)14(2)17(21)18-15-8-5-9-16(11-15)24(22,23)19(3)4/h5,8-9,11,13-14H,6-7,10,12H2,1-4H3,(H,18,21)/t13-,14-/m0/s1. The third kappa shape index (κ3) is 4.34. The Morgan fingerprint density at radius 1 is 1.38 bits per heavy atom. The Morgan fingerprint density at radius 3 is 2.71 bits per heavy atom. The van der Waals surface area contributed by atoms with Crippen LogP contribution in [0.4, 0.5) is 5.69 Å². The Morgan fingerprint density at radius 2 is 2.08 bits per heavy atom. The Bertz CT molecular complexity index is 688. The minimum atomic E-state index is -3.51. The van der Waals surface area contributed by atoms with Crippen molar-refractivity contribution in [1.82, 2.24) is 9.21 Å². The second-order valence-electron chi connectivity index (χ2n) is 6.72. The largest absolute Gasteiger partial charge is 0.325 e. The van der Waals surface area contributed by atoms with Crippen molar-refractivity contribution in [3.63, 3.8) is 0 Å². The maximum absolute atomic E-state index is 12.5. The highest BCUT2D eigenvalue weighted by molar-refractivity contribution is 7.89. The number of carbonyl (C=O) groups is 1. The van der Waals surface area contributed by atoms with Crippen molar-refractivity contribution in [2.24, 2.45) is 5.92 Å². The van der Waals surface area contributed by atoms with Gasteiger partial charge < -0.3 is 5.32 Å². The van der Waals surface area contributed by atoms with Gasteiger partial charge in [0.2, 0.25) is 15.9 Å². The van der Waals surface area contributed by atoms with Crippen LogP contribution in [0.2, 0.25) is 0 Å². The fourth-order valence-corrected chi connectivity index (χ4v) is 3.88. The van der Waals surface area contributed by atoms with E-state index < -0.39 is 10.0 Å². The number of anilines is 1. The van der Waals surface area contributed by atoms with E-state index in [0.717, 1.165) is 23.8 Å². The molecular weight excluding hydrogens is 326 g/mol. The van der Waals surface area contributed by atoms with Crippen LogP contribution in [0.5, 0.6) is 0 Å². The van der Waals surface area contributed by atoms with Crippen molar-refractivity contribution in [2.45, 2.75) is 37.6 Å². The molecule has 0 aromatic heterocycles. The van der Waals surface area contributed by atoms with Gasteiger partial charge in [-0.25, -0.2) is 12.7 Å². The molecule has 0 bridgehead atoms. The Labute approximate surface area is 144 Å². The molecule has 2 rings (SSSR count). The first kappa shape index (κ1) is 18.9. The lowest BCUT2D eigenvalue weighted by atomic mass is 9.99. The molecule has 0 unspecified atom stereocenters. The van der Waals surface area contributed by atoms with Crippen molar-refractivity contribution >= 4 is 21.6 Å². The molecule has 0 spiro atoms. The Kier molecular flexibility index (Phi) is 6.01. The van der Waals surface area contributed by atoms with E-state index in [1.54, 1.807) is 12.1 Å². The highest BCUT2D eigenvalue weighted by Gasteiger charge is 2.26. The Hall–Kier alpha value is -1.44. The van der Waals surface area contributed by atoms with Gasteiger partial charge >= 0.3 is 0 Å². The normalized spacial score (nSPS) is 20.8. The van der Waals surface area contributed by atoms with Crippen molar-refractivity contribution in [2.75, 3.05) is 32.5 Å². The monoisotopic (exact) mass is 353 g/mol. The van der Waals surface area contributed by atoms with Crippen molar-refractivity contribution in [1.29, 1.82) is 0 Å². The summed E-state index contributed by atoms with van der Waals surface area (Å²) in [6.45, 7) is 5.94. The zero-order valence-electron chi connectivity index (χ0n) is 14.8. The zero-order valence-corrected chi connectivity index (χ0v) is 15.6. The number of likely N-dealkylation sites (tertiary alicyclic amines) is 1. The molecule has 24 heavy (non-hydrogen) atoms. The number of rotatable bonds is 5. The Balaban J connectivity index is 2.09. The van der Waals surface area contributed by atoms with Crippen LogP contribution in [0.1, 0.15) is 26.7 Å². The highest BCUT2D eigenvalue weighted by Crippen LogP contribution is 2.20. The van der Waals surface area contributed by atoms with Crippen LogP contribution < -0.4 is 5.32 Å². The third-order valence-electron chi connectivity index (χ3n) is 4.50. The second-order valence-corrected chi connectivity index (χ2v) is 8.87. The van der Waals surface area contributed by atoms with Crippen molar-refractivity contribution in [3.05, 3.63) is 24.3 Å². The predicted octanol–water partition coefficient (Wildman–Crippen LogP) is 2.00. The van der Waals surface area contributed by atoms with Gasteiger partial charge in [-0.3, -0.25) is 9.69 Å². The molecule has 1 aromatic rings. The molecule has 1 aromatic carbocycles. The molecule has 1 amide bonds. The summed E-state index contributed by atoms with van der Waals surface area (Å²) in [6.07, 6.45) is 2.31. The molecule has 0 radical (unpaired) electrons. The fourth-order valence-electron chi connectivity index (χ4n) is 2.94. The molecule has 1 heterocycles. The number of carbonyl (C=O) groups excluding carboxylic acids is 1. The summed E-state index contributed by atoms with van der Waals surface area (Å²) in [7, 11) is -0.539. The quantitative estimate of drug-likeness (QED) is 0.879. The van der Waals surface area contributed by atoms with E-state index in [-0.39, 0.29) is 16.8 Å². The molecule has 1 saturated heterocycles. The van der Waals surface area contributed by atoms with E-state index in [2.05, 4.69) is 17.1 Å². The molecular formula is C17H27N3O3S. The van der Waals surface area contributed by atoms with E-state index in [1.807, 2.05) is 6.92 Å². The van der Waals surface area contributed by atoms with Crippen LogP contribution >= 0.6 is 0 Å². The summed E-state index contributed by atoms with van der Waals surface area (Å²) >= 11 is 0. The van der Waals surface area contributed by atoms with E-state index in [0.29, 0.717) is 11.6 Å². The van der Waals surface area contributed by atoms with Gasteiger partial charge in [0, 0.05) is 26.3 Å². The number of benzene rings is 1. The van der Waals surface area contributed by atoms with Gasteiger partial charge in [0.1, 0.15) is 0 Å². The van der Waals surface area contributed by atoms with Crippen LogP contribution in [-0.4, -0.2) is 56.8 Å². The number of nitrogens with one attached hydrogen (secondary N) is 1. The van der Waals surface area contributed by atoms with Gasteiger partial charge in [0.15, 0.2) is 0 Å². The lowest BCUT2D eigenvalue weighted by molar-refractivity contribution is -0.121. The number of piperidine rings is 1. The minimum absolute atomic E-state index is 0.108. The first-order valence-corrected chi connectivity index (χ1v) is 9.73. The van der Waals surface area contributed by atoms with Crippen molar-refractivity contribution in [3.8, 4) is 0 Å². The van der Waals surface area contributed by atoms with E-state index in [9.17, 15) is 13.2 Å². The van der Waals surface area contributed by atoms with Gasteiger partial charge in [0.05, 0.1) is 10.9 Å². The highest BCUT2D eigenvalue weighted by atomic mass is 32.2. The van der Waals surface area contributed by atoms with E-state index in [4.69, 9.17) is 0 Å². The summed E-state index contributed by atoms with van der Waals surface area (Å²) in [5.41, 5.74) is 0.500. The summed E-state index contributed by atoms with van der Waals surface area (Å²) in [5.74, 6) is 0.492. The number of hydrogen-bond acceptors (Lipinski definition) is 4. The molecule has 1 N–H and O–H groups in total. The average molecular weight is 353 g/mol. The summed E-state index contributed by atoms with van der Waals surface area (Å²) < 4.78 is 25.5. The van der Waals surface area contributed by atoms with Crippen molar-refractivity contribution < 1.29 is 13.2 Å². The van der Waals surface area contributed by atoms with Gasteiger partial charge in [-0.15, -0.1) is 0 Å². The molecule has 1 aliphatic heterocycles. The SMILES string of the molecule is C[C@H]1CCCN([C@@H](C)C(=O)Nc2cccc(S(=O)(=O)N(C)C)c2)C1. The maximum Gasteiger partial charge on any atom is 0.242 e. The minimum Gasteiger partial charge on any atom is -0.325 e. The second kappa shape index (κ2) is 7.63. The summed E-state index contributed by atoms with van der Waals surface area (Å²) in [5, 5.41) is 2.84. The van der Waals surface area contributed by atoms with Crippen LogP contribution in [0.3, 0.4) is 0 Å². The molecule has 134 valence electrons. The lowest BCUT2D eigenvalue weighted by Gasteiger charge is -2.34. The molecule has 6 nitrogen and oxygen atoms in total. The maximum atomic E-state index is 12.5. The van der Waals surface area contributed by atoms with Crippen LogP contribution in [0.15, 0.2) is 29.2 Å². The smallest absolute Gasteiger partial charge is 0.242 e. The fraction of sp³-hybridized carbons (Fsp3) is 0.588. The van der Waals surface area contributed by atoms with Gasteiger partial charge in [-0.2, -0.15) is 0 Å². The van der Waals surface area contributed by atoms with Crippen LogP contribution in [0, 0.1) is 5.92 Å². The first-order chi connectivity index (χ1) is 11.2. The van der Waals surface area contributed by atoms with Crippen LogP contribution in [-0.2, 0) is 14.8 Å². The van der Waals surface area contributed by atoms with Gasteiger partial charge in [0.25, 0.3) is 0 Å². The molecule has 0 aliphatic carbocycles. The lowest BCUT2D eigenvalue weighted by Crippen LogP contribution is -2.46. The van der Waals surface area contributed by atoms with Crippen LogP contribution in [0.25, 0.3) is 0 Å². The number of sulfonamides is 1. The molecule has 1 fully saturated rings. The van der Waals surface area contributed by atoms with Gasteiger partial charge in [-0.05, 0) is 50.4 Å². The number of hydrogen-bond donors (Lipinski definition) is 1. The molecule has 0 saturated carbocycles. The van der Waals surface area contributed by atoms with E-state index in [1.165, 1.54) is 32.6 Å². The third-order valence-corrected chi connectivity index (χ3v) is 6.31. The number of nitrogens with zero attached hydrogens (tertiary/aromatic N) is 2. The molecule has 7 heteroatoms. The average Bonchev–Trinajstić information content (AvgIpc) is 2.54. The van der Waals surface area contributed by atoms with Gasteiger partial charge in [-0.1, -0.05) is 13.0 Å². The first-order valence-electron chi connectivity index (χ1n) is 8.29. The molecule has 2 atom stereocenters. The molecule has 1 aliphatic rings. The van der Waals surface area contributed by atoms with E-state index >= 15 is 0 Å². The topological polar surface area (TPSA) is 69.7 Å². The number of amides is 1.